The summed E-state index contributed by atoms with van der Waals surface area (Å²) in [6.45, 7) is -1.53. The zero-order chi connectivity index (χ0) is 22.7. The molecule has 0 radical (unpaired) electrons. The minimum Gasteiger partial charge on any atom is -0.483 e. The van der Waals surface area contributed by atoms with Crippen LogP contribution in [0.2, 0.25) is 5.02 Å². The molecule has 0 amide bonds. The summed E-state index contributed by atoms with van der Waals surface area (Å²) in [5.41, 5.74) is 0.0345. The van der Waals surface area contributed by atoms with Gasteiger partial charge in [0.15, 0.2) is 17.4 Å². The van der Waals surface area contributed by atoms with Gasteiger partial charge >= 0.3 is 5.97 Å². The van der Waals surface area contributed by atoms with E-state index in [9.17, 15) is 26.7 Å². The molecule has 4 nitrogen and oxygen atoms in total. The lowest BCUT2D eigenvalue weighted by Crippen LogP contribution is -2.07. The first-order valence-electron chi connectivity index (χ1n) is 8.72. The average molecular weight is 478 g/mol. The second-order valence-corrected chi connectivity index (χ2v) is 7.62. The van der Waals surface area contributed by atoms with Crippen molar-refractivity contribution in [2.75, 3.05) is 0 Å². The first-order valence-corrected chi connectivity index (χ1v) is 9.87. The molecule has 0 aliphatic heterocycles. The van der Waals surface area contributed by atoms with Crippen molar-refractivity contribution >= 4 is 29.1 Å². The van der Waals surface area contributed by atoms with Crippen LogP contribution in [0.15, 0.2) is 24.3 Å². The summed E-state index contributed by atoms with van der Waals surface area (Å²) in [7, 11) is 0. The Hall–Kier alpha value is -2.72. The largest absolute Gasteiger partial charge is 0.483 e. The van der Waals surface area contributed by atoms with E-state index in [0.29, 0.717) is 6.07 Å². The quantitative estimate of drug-likeness (QED) is 0.315. The molecule has 1 N–H and O–H groups in total. The number of rotatable bonds is 8. The SMILES string of the molecule is O=C(O)CCc1cc(F)c(OCc2c(-c3ccc(Cl)c(F)c3)nsc2CF)c(F)c1F. The summed E-state index contributed by atoms with van der Waals surface area (Å²) < 4.78 is 79.2. The van der Waals surface area contributed by atoms with Gasteiger partial charge in [-0.15, -0.1) is 0 Å². The van der Waals surface area contributed by atoms with E-state index in [1.165, 1.54) is 12.1 Å². The van der Waals surface area contributed by atoms with E-state index in [2.05, 4.69) is 4.37 Å². The van der Waals surface area contributed by atoms with Gasteiger partial charge in [0.2, 0.25) is 5.82 Å². The molecule has 0 aliphatic carbocycles. The Morgan fingerprint density at radius 3 is 2.52 bits per heavy atom. The fourth-order valence-corrected chi connectivity index (χ4v) is 3.64. The van der Waals surface area contributed by atoms with Gasteiger partial charge in [-0.25, -0.2) is 17.6 Å². The molecule has 1 heterocycles. The maximum atomic E-state index is 14.3. The second kappa shape index (κ2) is 9.61. The van der Waals surface area contributed by atoms with Crippen molar-refractivity contribution in [2.45, 2.75) is 26.1 Å². The third-order valence-electron chi connectivity index (χ3n) is 4.34. The number of halogens is 6. The third-order valence-corrected chi connectivity index (χ3v) is 5.50. The molecule has 3 rings (SSSR count). The molecule has 164 valence electrons. The standard InChI is InChI=1S/C20H13ClF5NO3S/c21-12-3-1-10(6-13(12)23)19-11(15(7-22)31-27-19)8-30-20-14(24)5-9(2-4-16(28)29)17(25)18(20)26/h1,3,5-6H,2,4,7-8H2,(H,28,29). The summed E-state index contributed by atoms with van der Waals surface area (Å²) in [5.74, 6) is -7.35. The number of ether oxygens (including phenoxy) is 1. The van der Waals surface area contributed by atoms with Gasteiger partial charge in [-0.2, -0.15) is 8.76 Å². The minimum atomic E-state index is -1.63. The number of carboxylic acids is 1. The zero-order valence-corrected chi connectivity index (χ0v) is 17.1. The number of benzene rings is 2. The van der Waals surface area contributed by atoms with Gasteiger partial charge in [0.25, 0.3) is 0 Å². The highest BCUT2D eigenvalue weighted by Gasteiger charge is 2.23. The van der Waals surface area contributed by atoms with Crippen LogP contribution in [-0.2, 0) is 24.5 Å². The first kappa shape index (κ1) is 23.0. The molecule has 0 atom stereocenters. The highest BCUT2D eigenvalue weighted by molar-refractivity contribution is 7.06. The summed E-state index contributed by atoms with van der Waals surface area (Å²) in [5, 5.41) is 8.52. The maximum absolute atomic E-state index is 14.3. The predicted molar refractivity (Wildman–Crippen MR) is 104 cm³/mol. The lowest BCUT2D eigenvalue weighted by Gasteiger charge is -2.12. The summed E-state index contributed by atoms with van der Waals surface area (Å²) in [6.07, 6.45) is -0.931. The number of aryl methyl sites for hydroxylation is 1. The van der Waals surface area contributed by atoms with E-state index in [0.717, 1.165) is 17.6 Å². The molecule has 0 bridgehead atoms. The highest BCUT2D eigenvalue weighted by Crippen LogP contribution is 2.34. The summed E-state index contributed by atoms with van der Waals surface area (Å²) >= 11 is 6.42. The Labute approximate surface area is 182 Å². The third kappa shape index (κ3) is 4.96. The predicted octanol–water partition coefficient (Wildman–Crippen LogP) is 6.09. The molecule has 11 heteroatoms. The van der Waals surface area contributed by atoms with Crippen LogP contribution in [0.3, 0.4) is 0 Å². The number of alkyl halides is 1. The Bertz CT molecular complexity index is 1140. The Balaban J connectivity index is 1.91. The summed E-state index contributed by atoms with van der Waals surface area (Å²) in [6, 6.07) is 4.43. The van der Waals surface area contributed by atoms with Crippen LogP contribution < -0.4 is 4.74 Å². The van der Waals surface area contributed by atoms with E-state index in [1.54, 1.807) is 0 Å². The van der Waals surface area contributed by atoms with Gasteiger partial charge in [-0.1, -0.05) is 17.7 Å². The van der Waals surface area contributed by atoms with E-state index in [-0.39, 0.29) is 26.7 Å². The van der Waals surface area contributed by atoms with Crippen molar-refractivity contribution in [1.29, 1.82) is 0 Å². The molecule has 0 fully saturated rings. The molecule has 3 aromatic rings. The van der Waals surface area contributed by atoms with Gasteiger partial charge < -0.3 is 9.84 Å². The van der Waals surface area contributed by atoms with Crippen LogP contribution in [-0.4, -0.2) is 15.4 Å². The van der Waals surface area contributed by atoms with Gasteiger partial charge in [-0.05, 0) is 41.7 Å². The van der Waals surface area contributed by atoms with Gasteiger partial charge in [-0.3, -0.25) is 4.79 Å². The van der Waals surface area contributed by atoms with Crippen molar-refractivity contribution in [3.8, 4) is 17.0 Å². The number of carboxylic acid groups (broad SMARTS) is 1. The molecule has 0 unspecified atom stereocenters. The lowest BCUT2D eigenvalue weighted by molar-refractivity contribution is -0.136. The smallest absolute Gasteiger partial charge is 0.303 e. The summed E-state index contributed by atoms with van der Waals surface area (Å²) in [4.78, 5) is 10.7. The Morgan fingerprint density at radius 2 is 1.87 bits per heavy atom. The van der Waals surface area contributed by atoms with Crippen molar-refractivity contribution in [3.63, 3.8) is 0 Å². The minimum absolute atomic E-state index is 0.0877. The molecule has 0 saturated heterocycles. The number of aliphatic carboxylic acids is 1. The Kier molecular flexibility index (Phi) is 7.11. The van der Waals surface area contributed by atoms with Gasteiger partial charge in [0.05, 0.1) is 15.6 Å². The zero-order valence-electron chi connectivity index (χ0n) is 15.5. The average Bonchev–Trinajstić information content (AvgIpc) is 3.14. The molecule has 0 aliphatic rings. The maximum Gasteiger partial charge on any atom is 0.303 e. The van der Waals surface area contributed by atoms with E-state index in [1.807, 2.05) is 0 Å². The van der Waals surface area contributed by atoms with Gasteiger partial charge in [0, 0.05) is 17.5 Å². The molecular weight excluding hydrogens is 465 g/mol. The van der Waals surface area contributed by atoms with E-state index in [4.69, 9.17) is 21.4 Å². The van der Waals surface area contributed by atoms with Crippen molar-refractivity contribution in [1.82, 2.24) is 4.37 Å². The van der Waals surface area contributed by atoms with Crippen LogP contribution >= 0.6 is 23.1 Å². The second-order valence-electron chi connectivity index (χ2n) is 6.35. The fourth-order valence-electron chi connectivity index (χ4n) is 2.79. The van der Waals surface area contributed by atoms with Crippen LogP contribution in [0.1, 0.15) is 22.4 Å². The number of aromatic nitrogens is 1. The monoisotopic (exact) mass is 477 g/mol. The number of hydrogen-bond acceptors (Lipinski definition) is 4. The highest BCUT2D eigenvalue weighted by atomic mass is 35.5. The van der Waals surface area contributed by atoms with Crippen LogP contribution in [0.5, 0.6) is 5.75 Å². The van der Waals surface area contributed by atoms with Crippen molar-refractivity contribution in [3.05, 3.63) is 68.6 Å². The van der Waals surface area contributed by atoms with Crippen LogP contribution in [0.4, 0.5) is 22.0 Å². The first-order chi connectivity index (χ1) is 14.7. The van der Waals surface area contributed by atoms with Crippen LogP contribution in [0.25, 0.3) is 11.3 Å². The van der Waals surface area contributed by atoms with Gasteiger partial charge in [0.1, 0.15) is 19.1 Å². The van der Waals surface area contributed by atoms with E-state index >= 15 is 0 Å². The lowest BCUT2D eigenvalue weighted by atomic mass is 10.1. The Morgan fingerprint density at radius 1 is 1.13 bits per heavy atom. The number of carbonyl (C=O) groups is 1. The molecule has 31 heavy (non-hydrogen) atoms. The van der Waals surface area contributed by atoms with E-state index < -0.39 is 66.7 Å². The van der Waals surface area contributed by atoms with Crippen LogP contribution in [0, 0.1) is 23.3 Å². The molecule has 1 aromatic heterocycles. The number of nitrogens with zero attached hydrogens (tertiary/aromatic N) is 1. The topological polar surface area (TPSA) is 59.4 Å². The normalized spacial score (nSPS) is 11.0. The molecule has 2 aromatic carbocycles. The van der Waals surface area contributed by atoms with Crippen molar-refractivity contribution in [2.24, 2.45) is 0 Å². The molecular formula is C20H13ClF5NO3S. The fraction of sp³-hybridized carbons (Fsp3) is 0.200. The molecule has 0 spiro atoms. The van der Waals surface area contributed by atoms with Crippen molar-refractivity contribution < 1.29 is 36.6 Å². The molecule has 0 saturated carbocycles. The number of hydrogen-bond donors (Lipinski definition) is 1.